The van der Waals surface area contributed by atoms with Gasteiger partial charge in [-0.2, -0.15) is 0 Å². The Morgan fingerprint density at radius 3 is 2.74 bits per heavy atom. The van der Waals surface area contributed by atoms with E-state index in [1.807, 2.05) is 19.1 Å². The molecule has 0 aliphatic carbocycles. The van der Waals surface area contributed by atoms with Gasteiger partial charge in [-0.25, -0.2) is 4.79 Å². The lowest BCUT2D eigenvalue weighted by molar-refractivity contribution is -0.385. The van der Waals surface area contributed by atoms with Crippen LogP contribution in [0.15, 0.2) is 42.5 Å². The number of hydrogen-bond donors (Lipinski definition) is 0. The van der Waals surface area contributed by atoms with Gasteiger partial charge in [0, 0.05) is 11.6 Å². The third kappa shape index (κ3) is 4.35. The molecule has 140 valence electrons. The van der Waals surface area contributed by atoms with Crippen LogP contribution < -0.4 is 14.2 Å². The normalized spacial score (nSPS) is 12.2. The highest BCUT2D eigenvalue weighted by Gasteiger charge is 2.22. The molecule has 0 unspecified atom stereocenters. The molecule has 8 nitrogen and oxygen atoms in total. The highest BCUT2D eigenvalue weighted by Crippen LogP contribution is 2.38. The van der Waals surface area contributed by atoms with E-state index in [2.05, 4.69) is 0 Å². The lowest BCUT2D eigenvalue weighted by Crippen LogP contribution is -2.03. The number of hydrogen-bond acceptors (Lipinski definition) is 7. The highest BCUT2D eigenvalue weighted by molar-refractivity contribution is 5.88. The van der Waals surface area contributed by atoms with Crippen molar-refractivity contribution in [2.24, 2.45) is 0 Å². The molecule has 3 rings (SSSR count). The van der Waals surface area contributed by atoms with Gasteiger partial charge in [-0.15, -0.1) is 0 Å². The summed E-state index contributed by atoms with van der Waals surface area (Å²) in [6.45, 7) is 2.39. The third-order valence-corrected chi connectivity index (χ3v) is 3.76. The van der Waals surface area contributed by atoms with Gasteiger partial charge < -0.3 is 18.9 Å². The Bertz CT molecular complexity index is 892. The summed E-state index contributed by atoms with van der Waals surface area (Å²) in [5.74, 6) is 0.699. The number of rotatable bonds is 7. The monoisotopic (exact) mass is 371 g/mol. The zero-order valence-electron chi connectivity index (χ0n) is 14.5. The van der Waals surface area contributed by atoms with Crippen molar-refractivity contribution in [3.05, 3.63) is 63.7 Å². The minimum absolute atomic E-state index is 0.000929. The second kappa shape index (κ2) is 8.22. The molecule has 1 aliphatic heterocycles. The van der Waals surface area contributed by atoms with Crippen molar-refractivity contribution >= 4 is 17.7 Å². The van der Waals surface area contributed by atoms with Gasteiger partial charge in [-0.05, 0) is 25.1 Å². The van der Waals surface area contributed by atoms with E-state index >= 15 is 0 Å². The standard InChI is InChI=1S/C19H17NO7/c1-2-24-16-6-4-3-5-14(16)11-25-19(21)8-7-13-9-17-18(27-12-26-17)10-15(13)20(22)23/h3-10H,2,11-12H2,1H3/b8-7+. The Kier molecular flexibility index (Phi) is 5.55. The van der Waals surface area contributed by atoms with Gasteiger partial charge in [0.25, 0.3) is 5.69 Å². The fourth-order valence-electron chi connectivity index (χ4n) is 2.51. The first-order valence-electron chi connectivity index (χ1n) is 8.22. The summed E-state index contributed by atoms with van der Waals surface area (Å²) < 4.78 is 21.0. The first-order valence-corrected chi connectivity index (χ1v) is 8.22. The highest BCUT2D eigenvalue weighted by atomic mass is 16.7. The molecule has 0 fully saturated rings. The van der Waals surface area contributed by atoms with Crippen molar-refractivity contribution in [2.45, 2.75) is 13.5 Å². The molecule has 2 aromatic carbocycles. The number of fused-ring (bicyclic) bond motifs is 1. The molecule has 0 saturated heterocycles. The fraction of sp³-hybridized carbons (Fsp3) is 0.211. The van der Waals surface area contributed by atoms with Crippen molar-refractivity contribution in [1.29, 1.82) is 0 Å². The van der Waals surface area contributed by atoms with E-state index < -0.39 is 10.9 Å². The van der Waals surface area contributed by atoms with Crippen LogP contribution in [0.2, 0.25) is 0 Å². The summed E-state index contributed by atoms with van der Waals surface area (Å²) in [5, 5.41) is 11.2. The first kappa shape index (κ1) is 18.2. The number of nitro benzene ring substituents is 1. The van der Waals surface area contributed by atoms with Crippen LogP contribution in [0.5, 0.6) is 17.2 Å². The van der Waals surface area contributed by atoms with Gasteiger partial charge >= 0.3 is 5.97 Å². The van der Waals surface area contributed by atoms with Crippen molar-refractivity contribution in [1.82, 2.24) is 0 Å². The molecular weight excluding hydrogens is 354 g/mol. The molecule has 8 heteroatoms. The predicted molar refractivity (Wildman–Crippen MR) is 95.7 cm³/mol. The van der Waals surface area contributed by atoms with Crippen molar-refractivity contribution < 1.29 is 28.7 Å². The van der Waals surface area contributed by atoms with Crippen LogP contribution in [-0.4, -0.2) is 24.3 Å². The zero-order valence-corrected chi connectivity index (χ0v) is 14.5. The van der Waals surface area contributed by atoms with Gasteiger partial charge in [0.15, 0.2) is 11.5 Å². The number of esters is 1. The van der Waals surface area contributed by atoms with Gasteiger partial charge in [0.1, 0.15) is 12.4 Å². The Morgan fingerprint density at radius 2 is 2.00 bits per heavy atom. The van der Waals surface area contributed by atoms with Crippen LogP contribution in [0.3, 0.4) is 0 Å². The molecule has 1 heterocycles. The van der Waals surface area contributed by atoms with E-state index in [4.69, 9.17) is 18.9 Å². The van der Waals surface area contributed by atoms with Crippen molar-refractivity contribution in [3.8, 4) is 17.2 Å². The smallest absolute Gasteiger partial charge is 0.331 e. The number of benzene rings is 2. The Labute approximate surface area is 155 Å². The van der Waals surface area contributed by atoms with Crippen LogP contribution in [0.25, 0.3) is 6.08 Å². The first-order chi connectivity index (χ1) is 13.1. The fourth-order valence-corrected chi connectivity index (χ4v) is 2.51. The summed E-state index contributed by atoms with van der Waals surface area (Å²) in [4.78, 5) is 22.7. The van der Waals surface area contributed by atoms with E-state index in [0.29, 0.717) is 23.9 Å². The van der Waals surface area contributed by atoms with E-state index in [0.717, 1.165) is 11.6 Å². The van der Waals surface area contributed by atoms with Gasteiger partial charge in [0.05, 0.1) is 23.2 Å². The summed E-state index contributed by atoms with van der Waals surface area (Å²) in [6, 6.07) is 9.95. The molecule has 0 aromatic heterocycles. The van der Waals surface area contributed by atoms with Crippen LogP contribution >= 0.6 is 0 Å². The zero-order chi connectivity index (χ0) is 19.2. The minimum atomic E-state index is -0.631. The summed E-state index contributed by atoms with van der Waals surface area (Å²) >= 11 is 0. The number of carbonyl (C=O) groups is 1. The Balaban J connectivity index is 1.70. The molecule has 0 N–H and O–H groups in total. The second-order valence-corrected chi connectivity index (χ2v) is 5.50. The molecular formula is C19H17NO7. The van der Waals surface area contributed by atoms with Crippen LogP contribution in [0.4, 0.5) is 5.69 Å². The summed E-state index contributed by atoms with van der Waals surface area (Å²) in [6.07, 6.45) is 2.45. The largest absolute Gasteiger partial charge is 0.493 e. The van der Waals surface area contributed by atoms with E-state index in [1.54, 1.807) is 12.1 Å². The molecule has 0 amide bonds. The lowest BCUT2D eigenvalue weighted by Gasteiger charge is -2.09. The van der Waals surface area contributed by atoms with Gasteiger partial charge in [-0.1, -0.05) is 18.2 Å². The predicted octanol–water partition coefficient (Wildman–Crippen LogP) is 3.48. The van der Waals surface area contributed by atoms with Crippen LogP contribution in [-0.2, 0) is 16.1 Å². The number of carbonyl (C=O) groups excluding carboxylic acids is 1. The maximum Gasteiger partial charge on any atom is 0.331 e. The van der Waals surface area contributed by atoms with E-state index in [-0.39, 0.29) is 24.7 Å². The minimum Gasteiger partial charge on any atom is -0.493 e. The van der Waals surface area contributed by atoms with Gasteiger partial charge in [0.2, 0.25) is 6.79 Å². The quantitative estimate of drug-likeness (QED) is 0.318. The molecule has 1 aliphatic rings. The third-order valence-electron chi connectivity index (χ3n) is 3.76. The second-order valence-electron chi connectivity index (χ2n) is 5.50. The number of nitrogens with zero attached hydrogens (tertiary/aromatic N) is 1. The maximum absolute atomic E-state index is 12.0. The van der Waals surface area contributed by atoms with Crippen LogP contribution in [0, 0.1) is 10.1 Å². The Morgan fingerprint density at radius 1 is 1.26 bits per heavy atom. The van der Waals surface area contributed by atoms with E-state index in [1.165, 1.54) is 18.2 Å². The van der Waals surface area contributed by atoms with Crippen molar-refractivity contribution in [2.75, 3.05) is 13.4 Å². The topological polar surface area (TPSA) is 97.1 Å². The number of ether oxygens (including phenoxy) is 4. The molecule has 0 atom stereocenters. The average Bonchev–Trinajstić information content (AvgIpc) is 3.12. The average molecular weight is 371 g/mol. The molecule has 2 aromatic rings. The Hall–Kier alpha value is -3.55. The van der Waals surface area contributed by atoms with E-state index in [9.17, 15) is 14.9 Å². The molecule has 0 radical (unpaired) electrons. The number of para-hydroxylation sites is 1. The molecule has 0 spiro atoms. The maximum atomic E-state index is 12.0. The summed E-state index contributed by atoms with van der Waals surface area (Å²) in [5.41, 5.74) is 0.760. The lowest BCUT2D eigenvalue weighted by atomic mass is 10.1. The summed E-state index contributed by atoms with van der Waals surface area (Å²) in [7, 11) is 0. The SMILES string of the molecule is CCOc1ccccc1COC(=O)/C=C/c1cc2c(cc1[N+](=O)[O-])OCO2. The molecule has 0 saturated carbocycles. The molecule has 0 bridgehead atoms. The molecule has 27 heavy (non-hydrogen) atoms. The van der Waals surface area contributed by atoms with Crippen LogP contribution in [0.1, 0.15) is 18.1 Å². The van der Waals surface area contributed by atoms with Crippen molar-refractivity contribution in [3.63, 3.8) is 0 Å². The number of nitro groups is 1. The van der Waals surface area contributed by atoms with Gasteiger partial charge in [-0.3, -0.25) is 10.1 Å².